The van der Waals surface area contributed by atoms with E-state index in [4.69, 9.17) is 9.72 Å². The molecule has 1 fully saturated rings. The maximum atomic E-state index is 11.9. The average molecular weight is 356 g/mol. The summed E-state index contributed by atoms with van der Waals surface area (Å²) in [5.74, 6) is 0.861. The molecule has 1 N–H and O–H groups in total. The van der Waals surface area contributed by atoms with Crippen molar-refractivity contribution in [2.45, 2.75) is 58.7 Å². The van der Waals surface area contributed by atoms with Crippen molar-refractivity contribution in [1.82, 2.24) is 20.2 Å². The van der Waals surface area contributed by atoms with Gasteiger partial charge in [0.1, 0.15) is 11.4 Å². The van der Waals surface area contributed by atoms with Gasteiger partial charge in [0.05, 0.1) is 12.1 Å². The van der Waals surface area contributed by atoms with Crippen LogP contribution in [0.5, 0.6) is 0 Å². The number of rotatable bonds is 3. The molecule has 2 heterocycles. The fourth-order valence-corrected chi connectivity index (χ4v) is 3.28. The number of hydrogen-bond donors (Lipinski definition) is 1. The number of aromatic nitrogens is 2. The molecule has 0 bridgehead atoms. The number of fused-ring (bicyclic) bond motifs is 1. The summed E-state index contributed by atoms with van der Waals surface area (Å²) < 4.78 is 5.33. The van der Waals surface area contributed by atoms with Crippen molar-refractivity contribution in [3.8, 4) is 0 Å². The van der Waals surface area contributed by atoms with Crippen LogP contribution in [0, 0.1) is 6.92 Å². The van der Waals surface area contributed by atoms with Gasteiger partial charge in [-0.3, -0.25) is 4.90 Å². The van der Waals surface area contributed by atoms with Gasteiger partial charge >= 0.3 is 6.09 Å². The Kier molecular flexibility index (Phi) is 5.41. The molecule has 1 aliphatic rings. The normalized spacial score (nSPS) is 16.6. The van der Waals surface area contributed by atoms with Gasteiger partial charge in [-0.2, -0.15) is 0 Å². The minimum atomic E-state index is -0.462. The van der Waals surface area contributed by atoms with Crippen LogP contribution in [0.2, 0.25) is 0 Å². The molecule has 2 aromatic rings. The fraction of sp³-hybridized carbons (Fsp3) is 0.550. The van der Waals surface area contributed by atoms with E-state index in [0.717, 1.165) is 54.9 Å². The molecule has 0 spiro atoms. The zero-order chi connectivity index (χ0) is 18.7. The largest absolute Gasteiger partial charge is 0.444 e. The first-order valence-corrected chi connectivity index (χ1v) is 9.24. The van der Waals surface area contributed by atoms with Crippen molar-refractivity contribution in [2.75, 3.05) is 13.1 Å². The van der Waals surface area contributed by atoms with E-state index >= 15 is 0 Å². The lowest BCUT2D eigenvalue weighted by Gasteiger charge is -2.32. The Bertz CT molecular complexity index is 777. The molecule has 1 aromatic heterocycles. The second kappa shape index (κ2) is 7.58. The predicted octanol–water partition coefficient (Wildman–Crippen LogP) is 3.43. The van der Waals surface area contributed by atoms with Gasteiger partial charge in [-0.15, -0.1) is 0 Å². The maximum absolute atomic E-state index is 11.9. The van der Waals surface area contributed by atoms with Crippen LogP contribution in [0.1, 0.15) is 45.1 Å². The Labute approximate surface area is 155 Å². The second-order valence-corrected chi connectivity index (χ2v) is 7.94. The van der Waals surface area contributed by atoms with E-state index in [0.29, 0.717) is 0 Å². The number of nitrogens with zero attached hydrogens (tertiary/aromatic N) is 3. The lowest BCUT2D eigenvalue weighted by Crippen LogP contribution is -2.46. The van der Waals surface area contributed by atoms with Gasteiger partial charge in [-0.05, 0) is 46.6 Å². The van der Waals surface area contributed by atoms with Gasteiger partial charge in [0.2, 0.25) is 0 Å². The Morgan fingerprint density at radius 2 is 1.92 bits per heavy atom. The summed E-state index contributed by atoms with van der Waals surface area (Å²) in [6.45, 7) is 10.2. The molecule has 0 radical (unpaired) electrons. The molecule has 140 valence electrons. The van der Waals surface area contributed by atoms with E-state index in [2.05, 4.69) is 21.3 Å². The smallest absolute Gasteiger partial charge is 0.407 e. The molecule has 0 atom stereocenters. The van der Waals surface area contributed by atoms with Crippen LogP contribution in [-0.4, -0.2) is 45.7 Å². The third-order valence-corrected chi connectivity index (χ3v) is 4.51. The first-order chi connectivity index (χ1) is 12.3. The second-order valence-electron chi connectivity index (χ2n) is 7.94. The van der Waals surface area contributed by atoms with Gasteiger partial charge in [0.25, 0.3) is 0 Å². The highest BCUT2D eigenvalue weighted by molar-refractivity contribution is 5.80. The number of carbonyl (C=O) groups is 1. The highest BCUT2D eigenvalue weighted by Gasteiger charge is 2.24. The lowest BCUT2D eigenvalue weighted by molar-refractivity contribution is 0.0477. The zero-order valence-corrected chi connectivity index (χ0v) is 16.1. The van der Waals surface area contributed by atoms with Crippen LogP contribution in [0.4, 0.5) is 4.79 Å². The Hall–Kier alpha value is -2.21. The summed E-state index contributed by atoms with van der Waals surface area (Å²) in [6.07, 6.45) is 1.49. The molecule has 1 aliphatic heterocycles. The number of alkyl carbamates (subject to hydrolysis) is 1. The van der Waals surface area contributed by atoms with Crippen LogP contribution >= 0.6 is 0 Å². The topological polar surface area (TPSA) is 67.4 Å². The zero-order valence-electron chi connectivity index (χ0n) is 16.1. The van der Waals surface area contributed by atoms with Gasteiger partial charge in [-0.25, -0.2) is 14.8 Å². The van der Waals surface area contributed by atoms with E-state index < -0.39 is 5.60 Å². The molecule has 0 saturated carbocycles. The molecular weight excluding hydrogens is 328 g/mol. The van der Waals surface area contributed by atoms with Gasteiger partial charge < -0.3 is 10.1 Å². The van der Waals surface area contributed by atoms with Crippen molar-refractivity contribution >= 4 is 17.0 Å². The summed E-state index contributed by atoms with van der Waals surface area (Å²) in [7, 11) is 0. The number of nitrogens with one attached hydrogen (secondary N) is 1. The molecule has 1 amide bonds. The number of aryl methyl sites for hydroxylation is 1. The lowest BCUT2D eigenvalue weighted by atomic mass is 10.1. The third-order valence-electron chi connectivity index (χ3n) is 4.51. The monoisotopic (exact) mass is 356 g/mol. The molecule has 6 heteroatoms. The number of likely N-dealkylation sites (tertiary alicyclic amines) is 1. The van der Waals surface area contributed by atoms with Crippen molar-refractivity contribution in [3.05, 3.63) is 35.8 Å². The van der Waals surface area contributed by atoms with Gasteiger partial charge in [-0.1, -0.05) is 18.2 Å². The molecule has 3 rings (SSSR count). The van der Waals surface area contributed by atoms with Gasteiger partial charge in [0.15, 0.2) is 0 Å². The van der Waals surface area contributed by atoms with E-state index in [-0.39, 0.29) is 12.1 Å². The molecule has 0 unspecified atom stereocenters. The fourth-order valence-electron chi connectivity index (χ4n) is 3.28. The quantitative estimate of drug-likeness (QED) is 0.913. The third kappa shape index (κ3) is 4.91. The van der Waals surface area contributed by atoms with E-state index in [1.54, 1.807) is 0 Å². The minimum absolute atomic E-state index is 0.167. The molecule has 6 nitrogen and oxygen atoms in total. The Balaban J connectivity index is 1.54. The molecular formula is C20H28N4O2. The SMILES string of the molecule is Cc1nc(CN2CCC(NC(=O)OC(C)(C)C)CC2)nc2ccccc12. The number of amides is 1. The van der Waals surface area contributed by atoms with Crippen LogP contribution in [0.15, 0.2) is 24.3 Å². The van der Waals surface area contributed by atoms with Crippen LogP contribution in [0.25, 0.3) is 10.9 Å². The number of piperidine rings is 1. The van der Waals surface area contributed by atoms with Crippen molar-refractivity contribution in [1.29, 1.82) is 0 Å². The standard InChI is InChI=1S/C20H28N4O2/c1-14-16-7-5-6-8-17(16)23-18(21-14)13-24-11-9-15(10-12-24)22-19(25)26-20(2,3)4/h5-8,15H,9-13H2,1-4H3,(H,22,25). The number of carbonyl (C=O) groups excluding carboxylic acids is 1. The van der Waals surface area contributed by atoms with Crippen molar-refractivity contribution < 1.29 is 9.53 Å². The molecule has 0 aliphatic carbocycles. The highest BCUT2D eigenvalue weighted by atomic mass is 16.6. The Morgan fingerprint density at radius 1 is 1.23 bits per heavy atom. The molecule has 1 saturated heterocycles. The molecule has 1 aromatic carbocycles. The molecule has 26 heavy (non-hydrogen) atoms. The number of ether oxygens (including phenoxy) is 1. The highest BCUT2D eigenvalue weighted by Crippen LogP contribution is 2.17. The predicted molar refractivity (Wildman–Crippen MR) is 102 cm³/mol. The summed E-state index contributed by atoms with van der Waals surface area (Å²) in [5, 5.41) is 4.08. The summed E-state index contributed by atoms with van der Waals surface area (Å²) in [5.41, 5.74) is 1.55. The Morgan fingerprint density at radius 3 is 2.62 bits per heavy atom. The van der Waals surface area contributed by atoms with E-state index in [9.17, 15) is 4.79 Å². The number of para-hydroxylation sites is 1. The van der Waals surface area contributed by atoms with Crippen LogP contribution < -0.4 is 5.32 Å². The van der Waals surface area contributed by atoms with E-state index in [1.165, 1.54) is 0 Å². The summed E-state index contributed by atoms with van der Waals surface area (Å²) in [4.78, 5) is 23.6. The van der Waals surface area contributed by atoms with Crippen LogP contribution in [-0.2, 0) is 11.3 Å². The number of benzene rings is 1. The summed E-state index contributed by atoms with van der Waals surface area (Å²) >= 11 is 0. The summed E-state index contributed by atoms with van der Waals surface area (Å²) in [6, 6.07) is 8.28. The van der Waals surface area contributed by atoms with E-state index in [1.807, 2.05) is 45.9 Å². The maximum Gasteiger partial charge on any atom is 0.407 e. The van der Waals surface area contributed by atoms with Gasteiger partial charge in [0, 0.05) is 30.2 Å². The van der Waals surface area contributed by atoms with Crippen molar-refractivity contribution in [2.24, 2.45) is 0 Å². The average Bonchev–Trinajstić information content (AvgIpc) is 2.55. The first kappa shape index (κ1) is 18.6. The first-order valence-electron chi connectivity index (χ1n) is 9.24. The van der Waals surface area contributed by atoms with Crippen LogP contribution in [0.3, 0.4) is 0 Å². The minimum Gasteiger partial charge on any atom is -0.444 e. The van der Waals surface area contributed by atoms with Crippen molar-refractivity contribution in [3.63, 3.8) is 0 Å². The number of hydrogen-bond acceptors (Lipinski definition) is 5.